The molecular formula is C54H110N2O6P+. The first-order valence-corrected chi connectivity index (χ1v) is 29.0. The number of aliphatic hydroxyl groups excluding tert-OH is 1. The van der Waals surface area contributed by atoms with Gasteiger partial charge >= 0.3 is 7.82 Å². The van der Waals surface area contributed by atoms with Crippen LogP contribution in [0.4, 0.5) is 0 Å². The summed E-state index contributed by atoms with van der Waals surface area (Å²) >= 11 is 0. The van der Waals surface area contributed by atoms with Crippen LogP contribution in [0.2, 0.25) is 0 Å². The molecule has 0 spiro atoms. The van der Waals surface area contributed by atoms with Crippen molar-refractivity contribution in [1.82, 2.24) is 5.32 Å². The normalized spacial score (nSPS) is 14.1. The van der Waals surface area contributed by atoms with Crippen molar-refractivity contribution in [2.45, 2.75) is 289 Å². The number of nitrogens with one attached hydrogen (secondary N) is 1. The third-order valence-electron chi connectivity index (χ3n) is 12.8. The number of hydrogen-bond donors (Lipinski definition) is 3. The van der Waals surface area contributed by atoms with Crippen LogP contribution in [0.25, 0.3) is 0 Å². The van der Waals surface area contributed by atoms with Crippen molar-refractivity contribution in [2.75, 3.05) is 40.9 Å². The number of phosphoric acid groups is 1. The summed E-state index contributed by atoms with van der Waals surface area (Å²) < 4.78 is 23.6. The van der Waals surface area contributed by atoms with E-state index in [2.05, 4.69) is 31.3 Å². The minimum Gasteiger partial charge on any atom is -0.391 e. The van der Waals surface area contributed by atoms with Crippen LogP contribution in [-0.4, -0.2) is 73.4 Å². The lowest BCUT2D eigenvalue weighted by Crippen LogP contribution is -2.46. The molecule has 376 valence electrons. The molecule has 0 saturated heterocycles. The molecule has 0 heterocycles. The number of likely N-dealkylation sites (N-methyl/N-ethyl adjacent to an activating group) is 1. The van der Waals surface area contributed by atoms with Gasteiger partial charge in [0.1, 0.15) is 13.2 Å². The zero-order valence-corrected chi connectivity index (χ0v) is 43.7. The van der Waals surface area contributed by atoms with Crippen molar-refractivity contribution in [3.63, 3.8) is 0 Å². The van der Waals surface area contributed by atoms with Crippen molar-refractivity contribution < 1.29 is 32.9 Å². The number of amides is 1. The minimum absolute atomic E-state index is 0.0771. The molecule has 0 fully saturated rings. The Bertz CT molecular complexity index is 1040. The summed E-state index contributed by atoms with van der Waals surface area (Å²) in [5.41, 5.74) is 0. The van der Waals surface area contributed by atoms with E-state index in [4.69, 9.17) is 9.05 Å². The highest BCUT2D eigenvalue weighted by Crippen LogP contribution is 2.43. The van der Waals surface area contributed by atoms with Gasteiger partial charge < -0.3 is 19.8 Å². The summed E-state index contributed by atoms with van der Waals surface area (Å²) in [6.45, 7) is 4.89. The van der Waals surface area contributed by atoms with Crippen molar-refractivity contribution in [1.29, 1.82) is 0 Å². The Morgan fingerprint density at radius 1 is 0.524 bits per heavy atom. The molecule has 3 N–H and O–H groups in total. The van der Waals surface area contributed by atoms with Crippen LogP contribution < -0.4 is 5.32 Å². The Morgan fingerprint density at radius 2 is 0.857 bits per heavy atom. The van der Waals surface area contributed by atoms with Crippen molar-refractivity contribution in [3.8, 4) is 0 Å². The largest absolute Gasteiger partial charge is 0.472 e. The summed E-state index contributed by atoms with van der Waals surface area (Å²) in [6.07, 6.45) is 55.8. The first-order valence-electron chi connectivity index (χ1n) is 27.6. The predicted molar refractivity (Wildman–Crippen MR) is 272 cm³/mol. The fraction of sp³-hybridized carbons (Fsp3) is 0.944. The SMILES string of the molecule is CCCCCCCCCCCCCC/C=C\CCCCCCCCCCCCCCCCCCC(=O)NC(COP(=O)(O)OCC[N+](C)(C)C)C(O)CCCCCCCCCCC. The van der Waals surface area contributed by atoms with E-state index in [-0.39, 0.29) is 19.1 Å². The van der Waals surface area contributed by atoms with E-state index in [1.807, 2.05) is 21.1 Å². The zero-order valence-electron chi connectivity index (χ0n) is 42.8. The highest BCUT2D eigenvalue weighted by atomic mass is 31.2. The Hall–Kier alpha value is -0.760. The summed E-state index contributed by atoms with van der Waals surface area (Å²) in [6, 6.07) is -0.754. The number of rotatable bonds is 51. The first-order chi connectivity index (χ1) is 30.5. The van der Waals surface area contributed by atoms with Crippen LogP contribution in [0.5, 0.6) is 0 Å². The van der Waals surface area contributed by atoms with Gasteiger partial charge in [-0.25, -0.2) is 4.57 Å². The van der Waals surface area contributed by atoms with Gasteiger partial charge in [-0.2, -0.15) is 0 Å². The topological polar surface area (TPSA) is 105 Å². The summed E-state index contributed by atoms with van der Waals surface area (Å²) in [5.74, 6) is -0.142. The first kappa shape index (κ1) is 62.2. The van der Waals surface area contributed by atoms with E-state index >= 15 is 0 Å². The molecule has 63 heavy (non-hydrogen) atoms. The number of quaternary nitrogens is 1. The van der Waals surface area contributed by atoms with Crippen molar-refractivity contribution in [3.05, 3.63) is 12.2 Å². The lowest BCUT2D eigenvalue weighted by atomic mass is 10.0. The Balaban J connectivity index is 3.89. The van der Waals surface area contributed by atoms with Crippen molar-refractivity contribution in [2.24, 2.45) is 0 Å². The molecule has 0 radical (unpaired) electrons. The van der Waals surface area contributed by atoms with Crippen LogP contribution in [-0.2, 0) is 18.4 Å². The second-order valence-corrected chi connectivity index (χ2v) is 21.8. The number of carbonyl (C=O) groups excluding carboxylic acids is 1. The fourth-order valence-corrected chi connectivity index (χ4v) is 9.13. The number of carbonyl (C=O) groups is 1. The van der Waals surface area contributed by atoms with Gasteiger partial charge in [-0.3, -0.25) is 13.8 Å². The minimum atomic E-state index is -4.31. The zero-order chi connectivity index (χ0) is 46.4. The molecule has 0 bridgehead atoms. The van der Waals surface area contributed by atoms with Crippen LogP contribution in [0, 0.1) is 0 Å². The quantitative estimate of drug-likeness (QED) is 0.0243. The van der Waals surface area contributed by atoms with Crippen LogP contribution >= 0.6 is 7.82 Å². The van der Waals surface area contributed by atoms with Gasteiger partial charge in [0.2, 0.25) is 5.91 Å². The van der Waals surface area contributed by atoms with Gasteiger partial charge in [0.15, 0.2) is 0 Å². The Kier molecular flexibility index (Phi) is 45.8. The van der Waals surface area contributed by atoms with E-state index in [0.717, 1.165) is 38.5 Å². The number of aliphatic hydroxyl groups is 1. The molecule has 0 rings (SSSR count). The Morgan fingerprint density at radius 3 is 1.22 bits per heavy atom. The van der Waals surface area contributed by atoms with Gasteiger partial charge in [-0.1, -0.05) is 244 Å². The lowest BCUT2D eigenvalue weighted by Gasteiger charge is -2.26. The number of phosphoric ester groups is 1. The number of unbranched alkanes of at least 4 members (excludes halogenated alkanes) is 36. The van der Waals surface area contributed by atoms with Crippen LogP contribution in [0.15, 0.2) is 12.2 Å². The maximum Gasteiger partial charge on any atom is 0.472 e. The molecule has 0 saturated carbocycles. The second kappa shape index (κ2) is 46.4. The standard InChI is InChI=1S/C54H109N2O6P/c1-6-8-10-12-14-16-17-18-19-20-21-22-23-24-25-26-27-28-29-30-31-32-33-34-35-36-37-38-40-42-44-46-48-54(58)55-52(51-62-63(59,60)61-50-49-56(3,4)5)53(57)47-45-43-41-39-15-13-11-9-7-2/h24-25,52-53,57H,6-23,26-51H2,1-5H3,(H-,55,58,59,60)/p+1/b25-24-. The predicted octanol–water partition coefficient (Wildman–Crippen LogP) is 16.3. The molecule has 3 unspecified atom stereocenters. The highest BCUT2D eigenvalue weighted by molar-refractivity contribution is 7.47. The van der Waals surface area contributed by atoms with Gasteiger partial charge in [0.05, 0.1) is 39.9 Å². The molecular weight excluding hydrogens is 804 g/mol. The van der Waals surface area contributed by atoms with Gasteiger partial charge in [-0.05, 0) is 38.5 Å². The number of hydrogen-bond acceptors (Lipinski definition) is 5. The van der Waals surface area contributed by atoms with E-state index < -0.39 is 20.0 Å². The molecule has 0 aliphatic heterocycles. The third kappa shape index (κ3) is 49.0. The third-order valence-corrected chi connectivity index (χ3v) is 13.7. The maximum atomic E-state index is 12.9. The van der Waals surface area contributed by atoms with E-state index in [0.29, 0.717) is 23.9 Å². The summed E-state index contributed by atoms with van der Waals surface area (Å²) in [7, 11) is 1.63. The Labute approximate surface area is 392 Å². The summed E-state index contributed by atoms with van der Waals surface area (Å²) in [5, 5.41) is 13.9. The molecule has 0 aliphatic rings. The number of nitrogens with zero attached hydrogens (tertiary/aromatic N) is 1. The molecule has 0 aromatic rings. The van der Waals surface area contributed by atoms with Crippen LogP contribution in [0.3, 0.4) is 0 Å². The molecule has 1 amide bonds. The monoisotopic (exact) mass is 914 g/mol. The molecule has 8 nitrogen and oxygen atoms in total. The average molecular weight is 914 g/mol. The van der Waals surface area contributed by atoms with E-state index in [1.54, 1.807) is 0 Å². The fourth-order valence-electron chi connectivity index (χ4n) is 8.40. The lowest BCUT2D eigenvalue weighted by molar-refractivity contribution is -0.870. The summed E-state index contributed by atoms with van der Waals surface area (Å²) in [4.78, 5) is 23.2. The smallest absolute Gasteiger partial charge is 0.391 e. The average Bonchev–Trinajstić information content (AvgIpc) is 3.24. The van der Waals surface area contributed by atoms with Gasteiger partial charge in [0, 0.05) is 6.42 Å². The second-order valence-electron chi connectivity index (χ2n) is 20.3. The molecule has 0 aromatic carbocycles. The highest BCUT2D eigenvalue weighted by Gasteiger charge is 2.28. The van der Waals surface area contributed by atoms with Crippen molar-refractivity contribution >= 4 is 13.7 Å². The molecule has 9 heteroatoms. The van der Waals surface area contributed by atoms with Crippen LogP contribution in [0.1, 0.15) is 277 Å². The van der Waals surface area contributed by atoms with Gasteiger partial charge in [0.25, 0.3) is 0 Å². The van der Waals surface area contributed by atoms with E-state index in [9.17, 15) is 19.4 Å². The number of allylic oxidation sites excluding steroid dienone is 2. The molecule has 0 aliphatic carbocycles. The maximum absolute atomic E-state index is 12.9. The molecule has 0 aromatic heterocycles. The van der Waals surface area contributed by atoms with Gasteiger partial charge in [-0.15, -0.1) is 0 Å². The molecule has 3 atom stereocenters. The van der Waals surface area contributed by atoms with E-state index in [1.165, 1.54) is 212 Å².